The Morgan fingerprint density at radius 1 is 1.05 bits per heavy atom. The van der Waals surface area contributed by atoms with Gasteiger partial charge in [0, 0.05) is 0 Å². The summed E-state index contributed by atoms with van der Waals surface area (Å²) in [6, 6.07) is 5.85. The maximum atomic E-state index is 9.20. The van der Waals surface area contributed by atoms with Gasteiger partial charge in [0.05, 0.1) is 11.1 Å². The average molecular weight is 359 g/mol. The van der Waals surface area contributed by atoms with E-state index >= 15 is 0 Å². The topological polar surface area (TPSA) is 29.5 Å². The first-order valence-corrected chi connectivity index (χ1v) is 10.3. The summed E-state index contributed by atoms with van der Waals surface area (Å²) in [5, 5.41) is 9.20. The van der Waals surface area contributed by atoms with Gasteiger partial charge in [-0.1, -0.05) is 47.6 Å². The van der Waals surface area contributed by atoms with Crippen molar-refractivity contribution in [2.75, 3.05) is 0 Å². The largest absolute Gasteiger partial charge is 0.542 e. The molecule has 1 rings (SSSR count). The van der Waals surface area contributed by atoms with Crippen molar-refractivity contribution in [2.24, 2.45) is 0 Å². The quantitative estimate of drug-likeness (QED) is 0.680. The molecule has 0 amide bonds. The Morgan fingerprint density at radius 2 is 1.55 bits per heavy atom. The highest BCUT2D eigenvalue weighted by Gasteiger charge is 2.47. The molecule has 1 N–H and O–H groups in total. The lowest BCUT2D eigenvalue weighted by Gasteiger charge is -2.42. The van der Waals surface area contributed by atoms with Gasteiger partial charge in [-0.3, -0.25) is 0 Å². The Labute approximate surface area is 132 Å². The fourth-order valence-electron chi connectivity index (χ4n) is 3.27. The first-order valence-electron chi connectivity index (χ1n) is 7.34. The van der Waals surface area contributed by atoms with Gasteiger partial charge in [0.25, 0.3) is 8.32 Å². The summed E-state index contributed by atoms with van der Waals surface area (Å²) in [6.45, 7) is 13.7. The average Bonchev–Trinajstić information content (AvgIpc) is 2.35. The van der Waals surface area contributed by atoms with Crippen molar-refractivity contribution in [3.8, 4) is 5.75 Å². The van der Waals surface area contributed by atoms with Crippen LogP contribution >= 0.6 is 15.9 Å². The van der Waals surface area contributed by atoms with E-state index in [0.717, 1.165) is 15.8 Å². The molecule has 0 aliphatic heterocycles. The van der Waals surface area contributed by atoms with Crippen molar-refractivity contribution in [1.82, 2.24) is 0 Å². The van der Waals surface area contributed by atoms with Gasteiger partial charge in [0.15, 0.2) is 0 Å². The van der Waals surface area contributed by atoms with Crippen LogP contribution in [0.5, 0.6) is 5.75 Å². The Hall–Kier alpha value is -0.323. The van der Waals surface area contributed by atoms with E-state index in [1.165, 1.54) is 0 Å². The smallest absolute Gasteiger partial charge is 0.258 e. The Bertz CT molecular complexity index is 422. The highest BCUT2D eigenvalue weighted by molar-refractivity contribution is 9.10. The van der Waals surface area contributed by atoms with Crippen molar-refractivity contribution in [3.63, 3.8) is 0 Å². The fourth-order valence-corrected chi connectivity index (χ4v) is 9.19. The Morgan fingerprint density at radius 3 is 1.90 bits per heavy atom. The lowest BCUT2D eigenvalue weighted by Crippen LogP contribution is -2.50. The van der Waals surface area contributed by atoms with E-state index in [2.05, 4.69) is 57.5 Å². The standard InChI is InChI=1S/C16H27BrO2Si/c1-11(2)20(12(3)4,13(5)6)19-16-8-7-14(10-18)9-15(16)17/h7-9,11-13,18H,10H2,1-6H3. The van der Waals surface area contributed by atoms with Crippen LogP contribution in [0.1, 0.15) is 47.1 Å². The number of rotatable bonds is 6. The molecule has 0 saturated carbocycles. The van der Waals surface area contributed by atoms with Gasteiger partial charge in [0.1, 0.15) is 5.75 Å². The summed E-state index contributed by atoms with van der Waals surface area (Å²) < 4.78 is 7.56. The van der Waals surface area contributed by atoms with Crippen LogP contribution in [-0.4, -0.2) is 13.4 Å². The molecule has 0 fully saturated rings. The summed E-state index contributed by atoms with van der Waals surface area (Å²) in [5.41, 5.74) is 2.54. The van der Waals surface area contributed by atoms with Crippen molar-refractivity contribution in [1.29, 1.82) is 0 Å². The molecule has 0 aliphatic rings. The third-order valence-electron chi connectivity index (χ3n) is 4.17. The molecule has 0 saturated heterocycles. The van der Waals surface area contributed by atoms with Gasteiger partial charge in [-0.25, -0.2) is 0 Å². The predicted molar refractivity (Wildman–Crippen MR) is 91.7 cm³/mol. The molecule has 0 atom stereocenters. The fraction of sp³-hybridized carbons (Fsp3) is 0.625. The molecule has 0 aliphatic carbocycles. The highest BCUT2D eigenvalue weighted by Crippen LogP contribution is 2.44. The molecule has 0 radical (unpaired) electrons. The normalized spacial score (nSPS) is 12.6. The lowest BCUT2D eigenvalue weighted by atomic mass is 10.2. The molecule has 0 spiro atoms. The molecule has 20 heavy (non-hydrogen) atoms. The highest BCUT2D eigenvalue weighted by atomic mass is 79.9. The SMILES string of the molecule is CC(C)[Si](Oc1ccc(CO)cc1Br)(C(C)C)C(C)C. The zero-order valence-corrected chi connectivity index (χ0v) is 16.0. The molecule has 1 aromatic rings. The molecule has 4 heteroatoms. The van der Waals surface area contributed by atoms with Gasteiger partial charge in [-0.05, 0) is 50.2 Å². The van der Waals surface area contributed by atoms with Crippen molar-refractivity contribution >= 4 is 24.2 Å². The third-order valence-corrected chi connectivity index (χ3v) is 10.8. The minimum Gasteiger partial charge on any atom is -0.542 e. The number of hydrogen-bond donors (Lipinski definition) is 1. The second kappa shape index (κ2) is 7.10. The van der Waals surface area contributed by atoms with Crippen LogP contribution in [-0.2, 0) is 6.61 Å². The van der Waals surface area contributed by atoms with Crippen LogP contribution < -0.4 is 4.43 Å². The van der Waals surface area contributed by atoms with E-state index in [-0.39, 0.29) is 6.61 Å². The Balaban J connectivity index is 3.19. The monoisotopic (exact) mass is 358 g/mol. The van der Waals surface area contributed by atoms with E-state index < -0.39 is 8.32 Å². The molecule has 114 valence electrons. The van der Waals surface area contributed by atoms with E-state index in [1.807, 2.05) is 18.2 Å². The van der Waals surface area contributed by atoms with E-state index in [9.17, 15) is 5.11 Å². The minimum absolute atomic E-state index is 0.0555. The third kappa shape index (κ3) is 3.46. The second-order valence-electron chi connectivity index (χ2n) is 6.34. The number of benzene rings is 1. The van der Waals surface area contributed by atoms with Crippen LogP contribution in [0.25, 0.3) is 0 Å². The first-order chi connectivity index (χ1) is 9.25. The van der Waals surface area contributed by atoms with E-state index in [1.54, 1.807) is 0 Å². The van der Waals surface area contributed by atoms with Crippen molar-refractivity contribution in [3.05, 3.63) is 28.2 Å². The number of halogens is 1. The van der Waals surface area contributed by atoms with Gasteiger partial charge in [0.2, 0.25) is 0 Å². The van der Waals surface area contributed by atoms with Crippen LogP contribution in [0, 0.1) is 0 Å². The van der Waals surface area contributed by atoms with Gasteiger partial charge in [-0.15, -0.1) is 0 Å². The van der Waals surface area contributed by atoms with Crippen LogP contribution in [0.4, 0.5) is 0 Å². The number of hydrogen-bond acceptors (Lipinski definition) is 2. The summed E-state index contributed by atoms with van der Waals surface area (Å²) in [4.78, 5) is 0. The zero-order valence-electron chi connectivity index (χ0n) is 13.4. The van der Waals surface area contributed by atoms with E-state index in [4.69, 9.17) is 4.43 Å². The summed E-state index contributed by atoms with van der Waals surface area (Å²) in [5.74, 6) is 0.907. The molecule has 2 nitrogen and oxygen atoms in total. The molecule has 1 aromatic carbocycles. The summed E-state index contributed by atoms with van der Waals surface area (Å²) in [6.07, 6.45) is 0. The van der Waals surface area contributed by atoms with Crippen LogP contribution in [0.3, 0.4) is 0 Å². The number of aliphatic hydroxyl groups excluding tert-OH is 1. The molecule has 0 unspecified atom stereocenters. The summed E-state index contributed by atoms with van der Waals surface area (Å²) >= 11 is 3.57. The first kappa shape index (κ1) is 17.7. The molecule has 0 heterocycles. The van der Waals surface area contributed by atoms with Gasteiger partial charge in [-0.2, -0.15) is 0 Å². The predicted octanol–water partition coefficient (Wildman–Crippen LogP) is 5.50. The van der Waals surface area contributed by atoms with Gasteiger partial charge < -0.3 is 9.53 Å². The van der Waals surface area contributed by atoms with E-state index in [0.29, 0.717) is 16.6 Å². The van der Waals surface area contributed by atoms with Crippen molar-refractivity contribution in [2.45, 2.75) is 64.8 Å². The minimum atomic E-state index is -1.92. The maximum Gasteiger partial charge on any atom is 0.258 e. The van der Waals surface area contributed by atoms with Crippen LogP contribution in [0.15, 0.2) is 22.7 Å². The van der Waals surface area contributed by atoms with Crippen LogP contribution in [0.2, 0.25) is 16.6 Å². The van der Waals surface area contributed by atoms with Gasteiger partial charge >= 0.3 is 0 Å². The maximum absolute atomic E-state index is 9.20. The second-order valence-corrected chi connectivity index (χ2v) is 12.6. The number of aliphatic hydroxyl groups is 1. The van der Waals surface area contributed by atoms with Crippen molar-refractivity contribution < 1.29 is 9.53 Å². The molecular weight excluding hydrogens is 332 g/mol. The summed E-state index contributed by atoms with van der Waals surface area (Å²) in [7, 11) is -1.92. The molecule has 0 bridgehead atoms. The zero-order chi connectivity index (χ0) is 15.5. The Kier molecular flexibility index (Phi) is 6.29. The molecule has 0 aromatic heterocycles. The lowest BCUT2D eigenvalue weighted by molar-refractivity contribution is 0.281. The molecular formula is C16H27BrO2Si.